The summed E-state index contributed by atoms with van der Waals surface area (Å²) in [5, 5.41) is 5.83. The third-order valence-corrected chi connectivity index (χ3v) is 7.41. The van der Waals surface area contributed by atoms with Gasteiger partial charge in [-0.15, -0.1) is 17.9 Å². The summed E-state index contributed by atoms with van der Waals surface area (Å²) < 4.78 is 1.57. The first-order chi connectivity index (χ1) is 15.9. The van der Waals surface area contributed by atoms with Crippen molar-refractivity contribution in [2.45, 2.75) is 30.8 Å². The Balaban J connectivity index is 1.69. The third-order valence-electron chi connectivity index (χ3n) is 5.12. The molecule has 0 aliphatic carbocycles. The molecule has 2 aromatic heterocycles. The van der Waals surface area contributed by atoms with Gasteiger partial charge in [-0.25, -0.2) is 4.98 Å². The van der Waals surface area contributed by atoms with Gasteiger partial charge in [-0.2, -0.15) is 0 Å². The van der Waals surface area contributed by atoms with Crippen molar-refractivity contribution in [2.75, 3.05) is 5.32 Å². The number of fused-ring (bicyclic) bond motifs is 1. The fraction of sp³-hybridized carbons (Fsp3) is 0.160. The number of rotatable bonds is 7. The van der Waals surface area contributed by atoms with Crippen molar-refractivity contribution in [1.29, 1.82) is 0 Å². The van der Waals surface area contributed by atoms with E-state index in [1.165, 1.54) is 23.1 Å². The van der Waals surface area contributed by atoms with E-state index in [1.54, 1.807) is 41.8 Å². The Kier molecular flexibility index (Phi) is 7.02. The molecule has 4 rings (SSSR count). The fourth-order valence-corrected chi connectivity index (χ4v) is 5.43. The Morgan fingerprint density at radius 3 is 2.70 bits per heavy atom. The van der Waals surface area contributed by atoms with E-state index in [0.717, 1.165) is 16.7 Å². The molecule has 1 amide bonds. The monoisotopic (exact) mass is 495 g/mol. The number of thiophene rings is 1. The molecule has 0 bridgehead atoms. The van der Waals surface area contributed by atoms with Gasteiger partial charge in [0.25, 0.3) is 5.56 Å². The molecule has 8 heteroatoms. The maximum absolute atomic E-state index is 13.5. The summed E-state index contributed by atoms with van der Waals surface area (Å²) in [4.78, 5) is 31.7. The van der Waals surface area contributed by atoms with E-state index in [0.29, 0.717) is 32.6 Å². The van der Waals surface area contributed by atoms with E-state index >= 15 is 0 Å². The largest absolute Gasteiger partial charge is 0.324 e. The summed E-state index contributed by atoms with van der Waals surface area (Å²) in [7, 11) is 0. The van der Waals surface area contributed by atoms with Crippen LogP contribution in [0.1, 0.15) is 12.5 Å². The zero-order valence-electron chi connectivity index (χ0n) is 18.2. The third kappa shape index (κ3) is 4.90. The Morgan fingerprint density at radius 2 is 2.00 bits per heavy atom. The molecule has 4 aromatic rings. The van der Waals surface area contributed by atoms with Crippen molar-refractivity contribution in [3.05, 3.63) is 87.5 Å². The van der Waals surface area contributed by atoms with E-state index < -0.39 is 5.25 Å². The first-order valence-corrected chi connectivity index (χ1v) is 12.4. The predicted octanol–water partition coefficient (Wildman–Crippen LogP) is 6.39. The topological polar surface area (TPSA) is 64.0 Å². The van der Waals surface area contributed by atoms with Crippen LogP contribution in [-0.4, -0.2) is 20.7 Å². The lowest BCUT2D eigenvalue weighted by Crippen LogP contribution is -2.26. The van der Waals surface area contributed by atoms with Gasteiger partial charge >= 0.3 is 0 Å². The van der Waals surface area contributed by atoms with Crippen LogP contribution in [0, 0.1) is 6.92 Å². The quantitative estimate of drug-likeness (QED) is 0.183. The van der Waals surface area contributed by atoms with E-state index in [9.17, 15) is 9.59 Å². The van der Waals surface area contributed by atoms with Gasteiger partial charge < -0.3 is 5.32 Å². The normalized spacial score (nSPS) is 12.0. The Morgan fingerprint density at radius 1 is 1.27 bits per heavy atom. The lowest BCUT2D eigenvalue weighted by atomic mass is 10.1. The number of carbonyl (C=O) groups excluding carboxylic acids is 1. The van der Waals surface area contributed by atoms with Gasteiger partial charge in [0.15, 0.2) is 5.16 Å². The number of benzene rings is 2. The maximum Gasteiger partial charge on any atom is 0.263 e. The van der Waals surface area contributed by atoms with Crippen molar-refractivity contribution in [3.8, 4) is 11.1 Å². The van der Waals surface area contributed by atoms with Crippen LogP contribution in [0.4, 0.5) is 5.69 Å². The smallest absolute Gasteiger partial charge is 0.263 e. The SMILES string of the molecule is C=CCn1c(SC(C)C(=O)Nc2ccccc2Cl)nc2scc(-c3ccc(C)cc3)c2c1=O. The van der Waals surface area contributed by atoms with E-state index in [4.69, 9.17) is 16.6 Å². The van der Waals surface area contributed by atoms with Crippen molar-refractivity contribution >= 4 is 56.5 Å². The van der Waals surface area contributed by atoms with Crippen molar-refractivity contribution in [1.82, 2.24) is 9.55 Å². The molecule has 0 aliphatic heterocycles. The summed E-state index contributed by atoms with van der Waals surface area (Å²) in [6, 6.07) is 15.1. The van der Waals surface area contributed by atoms with E-state index in [2.05, 4.69) is 11.9 Å². The molecular formula is C25H22ClN3O2S2. The highest BCUT2D eigenvalue weighted by Crippen LogP contribution is 2.33. The first kappa shape index (κ1) is 23.3. The molecule has 0 spiro atoms. The Hall–Kier alpha value is -2.87. The number of hydrogen-bond donors (Lipinski definition) is 1. The standard InChI is InChI=1S/C25H22ClN3O2S2/c1-4-13-29-24(31)21-18(17-11-9-15(2)10-12-17)14-32-23(21)28-25(29)33-16(3)22(30)27-20-8-6-5-7-19(20)26/h4-12,14,16H,1,13H2,2-3H3,(H,27,30). The number of thioether (sulfide) groups is 1. The van der Waals surface area contributed by atoms with Crippen LogP contribution >= 0.6 is 34.7 Å². The number of halogens is 1. The molecule has 1 N–H and O–H groups in total. The summed E-state index contributed by atoms with van der Waals surface area (Å²) in [5.74, 6) is -0.223. The number of aryl methyl sites for hydroxylation is 1. The van der Waals surface area contributed by atoms with Crippen LogP contribution < -0.4 is 10.9 Å². The summed E-state index contributed by atoms with van der Waals surface area (Å²) in [6.45, 7) is 7.89. The van der Waals surface area contributed by atoms with Crippen LogP contribution in [0.3, 0.4) is 0 Å². The van der Waals surface area contributed by atoms with Gasteiger partial charge in [-0.3, -0.25) is 14.2 Å². The molecule has 5 nitrogen and oxygen atoms in total. The number of para-hydroxylation sites is 1. The number of aromatic nitrogens is 2. The molecule has 2 aromatic carbocycles. The molecule has 33 heavy (non-hydrogen) atoms. The van der Waals surface area contributed by atoms with Crippen LogP contribution in [0.25, 0.3) is 21.3 Å². The zero-order valence-corrected chi connectivity index (χ0v) is 20.6. The first-order valence-electron chi connectivity index (χ1n) is 10.3. The lowest BCUT2D eigenvalue weighted by molar-refractivity contribution is -0.115. The summed E-state index contributed by atoms with van der Waals surface area (Å²) in [5.41, 5.74) is 3.40. The Bertz CT molecular complexity index is 1390. The van der Waals surface area contributed by atoms with Gasteiger partial charge in [0.1, 0.15) is 4.83 Å². The van der Waals surface area contributed by atoms with Gasteiger partial charge in [-0.1, -0.05) is 71.4 Å². The summed E-state index contributed by atoms with van der Waals surface area (Å²) in [6.07, 6.45) is 1.66. The highest BCUT2D eigenvalue weighted by molar-refractivity contribution is 8.00. The summed E-state index contributed by atoms with van der Waals surface area (Å²) >= 11 is 8.82. The van der Waals surface area contributed by atoms with Crippen molar-refractivity contribution in [3.63, 3.8) is 0 Å². The minimum absolute atomic E-state index is 0.141. The van der Waals surface area contributed by atoms with Gasteiger partial charge in [-0.05, 0) is 31.5 Å². The Labute approximate surface area is 205 Å². The van der Waals surface area contributed by atoms with E-state index in [-0.39, 0.29) is 11.5 Å². The van der Waals surface area contributed by atoms with Crippen LogP contribution in [-0.2, 0) is 11.3 Å². The van der Waals surface area contributed by atoms with Crippen LogP contribution in [0.2, 0.25) is 5.02 Å². The average molecular weight is 496 g/mol. The zero-order chi connectivity index (χ0) is 23.5. The highest BCUT2D eigenvalue weighted by atomic mass is 35.5. The minimum Gasteiger partial charge on any atom is -0.324 e. The average Bonchev–Trinajstić information content (AvgIpc) is 3.22. The second-order valence-electron chi connectivity index (χ2n) is 7.52. The minimum atomic E-state index is -0.502. The molecular weight excluding hydrogens is 474 g/mol. The molecule has 2 heterocycles. The number of anilines is 1. The highest BCUT2D eigenvalue weighted by Gasteiger charge is 2.22. The maximum atomic E-state index is 13.5. The van der Waals surface area contributed by atoms with Crippen molar-refractivity contribution < 1.29 is 4.79 Å². The number of carbonyl (C=O) groups is 1. The van der Waals surface area contributed by atoms with Crippen LogP contribution in [0.15, 0.2) is 76.5 Å². The molecule has 1 atom stereocenters. The molecule has 0 radical (unpaired) electrons. The predicted molar refractivity (Wildman–Crippen MR) is 140 cm³/mol. The number of amides is 1. The molecule has 0 aliphatic rings. The molecule has 0 saturated heterocycles. The molecule has 168 valence electrons. The number of nitrogens with one attached hydrogen (secondary N) is 1. The number of hydrogen-bond acceptors (Lipinski definition) is 5. The van der Waals surface area contributed by atoms with Gasteiger partial charge in [0.05, 0.1) is 21.3 Å². The second-order valence-corrected chi connectivity index (χ2v) is 10.1. The van der Waals surface area contributed by atoms with Gasteiger partial charge in [0.2, 0.25) is 5.91 Å². The van der Waals surface area contributed by atoms with Gasteiger partial charge in [0, 0.05) is 17.5 Å². The number of allylic oxidation sites excluding steroid dienone is 1. The fourth-order valence-electron chi connectivity index (χ4n) is 3.34. The molecule has 0 fully saturated rings. The lowest BCUT2D eigenvalue weighted by Gasteiger charge is -2.15. The van der Waals surface area contributed by atoms with E-state index in [1.807, 2.05) is 36.6 Å². The van der Waals surface area contributed by atoms with Crippen LogP contribution in [0.5, 0.6) is 0 Å². The molecule has 0 saturated carbocycles. The number of nitrogens with zero attached hydrogens (tertiary/aromatic N) is 2. The second kappa shape index (κ2) is 9.95. The molecule has 1 unspecified atom stereocenters. The van der Waals surface area contributed by atoms with Crippen molar-refractivity contribution in [2.24, 2.45) is 0 Å².